The quantitative estimate of drug-likeness (QED) is 0.0262. The van der Waals surface area contributed by atoms with E-state index in [2.05, 4.69) is 142 Å². The van der Waals surface area contributed by atoms with Crippen LogP contribution in [0.5, 0.6) is 0 Å². The second kappa shape index (κ2) is 53.4. The molecule has 0 amide bonds. The summed E-state index contributed by atoms with van der Waals surface area (Å²) in [5.41, 5.74) is 0. The number of carbonyl (C=O) groups excluding carboxylic acids is 3. The summed E-state index contributed by atoms with van der Waals surface area (Å²) in [6.45, 7) is 6.37. The number of allylic oxidation sites excluding steroid dienone is 20. The predicted octanol–water partition coefficient (Wildman–Crippen LogP) is 17.7. The summed E-state index contributed by atoms with van der Waals surface area (Å²) in [5.74, 6) is -1.03. The molecule has 0 rings (SSSR count). The molecule has 0 unspecified atom stereocenters. The van der Waals surface area contributed by atoms with Crippen molar-refractivity contribution in [1.82, 2.24) is 0 Å². The second-order valence-electron chi connectivity index (χ2n) is 17.0. The van der Waals surface area contributed by atoms with E-state index in [-0.39, 0.29) is 37.5 Å². The number of ether oxygens (including phenoxy) is 3. The number of carbonyl (C=O) groups is 3. The Kier molecular flexibility index (Phi) is 50.0. The lowest BCUT2D eigenvalue weighted by Crippen LogP contribution is -2.30. The van der Waals surface area contributed by atoms with Crippen LogP contribution in [0.4, 0.5) is 0 Å². The minimum atomic E-state index is -0.827. The molecule has 0 bridgehead atoms. The molecule has 0 spiro atoms. The van der Waals surface area contributed by atoms with Gasteiger partial charge in [-0.1, -0.05) is 194 Å². The first-order chi connectivity index (χ1) is 32.5. The normalized spacial score (nSPS) is 13.1. The van der Waals surface area contributed by atoms with E-state index in [1.165, 1.54) is 57.8 Å². The molecule has 0 aromatic rings. The predicted molar refractivity (Wildman–Crippen MR) is 283 cm³/mol. The van der Waals surface area contributed by atoms with E-state index in [0.29, 0.717) is 19.3 Å². The van der Waals surface area contributed by atoms with Crippen LogP contribution in [0.25, 0.3) is 0 Å². The molecule has 0 saturated carbocycles. The van der Waals surface area contributed by atoms with Gasteiger partial charge in [0.05, 0.1) is 0 Å². The summed E-state index contributed by atoms with van der Waals surface area (Å²) < 4.78 is 16.7. The molecule has 66 heavy (non-hydrogen) atoms. The van der Waals surface area contributed by atoms with Crippen molar-refractivity contribution in [2.75, 3.05) is 13.2 Å². The summed E-state index contributed by atoms with van der Waals surface area (Å²) >= 11 is 0. The van der Waals surface area contributed by atoms with E-state index in [9.17, 15) is 14.4 Å². The SMILES string of the molecule is CC/C=C\C/C=C\C/C=C\C/C=C\C/C=C\CCCC(=O)O[C@@H](COC(=O)CCCCC/C=C\C/C=C\C/C=C\C/C=C\CCCCC)COC(=O)CCCCCCC/C=C\CCCCC. The fourth-order valence-electron chi connectivity index (χ4n) is 6.69. The first-order valence-corrected chi connectivity index (χ1v) is 26.5. The molecule has 6 heteroatoms. The third-order valence-corrected chi connectivity index (χ3v) is 10.7. The largest absolute Gasteiger partial charge is 0.462 e. The highest BCUT2D eigenvalue weighted by atomic mass is 16.6. The van der Waals surface area contributed by atoms with Gasteiger partial charge in [0.2, 0.25) is 0 Å². The van der Waals surface area contributed by atoms with Gasteiger partial charge >= 0.3 is 17.9 Å². The molecular weight excluding hydrogens is 817 g/mol. The van der Waals surface area contributed by atoms with Gasteiger partial charge in [0.25, 0.3) is 0 Å². The van der Waals surface area contributed by atoms with Crippen LogP contribution >= 0.6 is 0 Å². The molecule has 0 aliphatic heterocycles. The maximum absolute atomic E-state index is 12.8. The zero-order valence-corrected chi connectivity index (χ0v) is 42.4. The van der Waals surface area contributed by atoms with E-state index < -0.39 is 6.10 Å². The molecule has 0 fully saturated rings. The molecule has 0 N–H and O–H groups in total. The van der Waals surface area contributed by atoms with Gasteiger partial charge in [0.1, 0.15) is 13.2 Å². The van der Waals surface area contributed by atoms with Crippen molar-refractivity contribution in [1.29, 1.82) is 0 Å². The van der Waals surface area contributed by atoms with Crippen LogP contribution in [0.2, 0.25) is 0 Å². The Morgan fingerprint density at radius 3 is 1.00 bits per heavy atom. The molecule has 0 radical (unpaired) electrons. The third-order valence-electron chi connectivity index (χ3n) is 10.7. The van der Waals surface area contributed by atoms with Crippen molar-refractivity contribution >= 4 is 17.9 Å². The Morgan fingerprint density at radius 1 is 0.318 bits per heavy atom. The van der Waals surface area contributed by atoms with E-state index in [4.69, 9.17) is 14.2 Å². The van der Waals surface area contributed by atoms with Gasteiger partial charge in [0, 0.05) is 19.3 Å². The molecule has 0 aliphatic carbocycles. The zero-order chi connectivity index (χ0) is 47.9. The van der Waals surface area contributed by atoms with E-state index in [1.807, 2.05) is 0 Å². The van der Waals surface area contributed by atoms with Crippen molar-refractivity contribution in [2.24, 2.45) is 0 Å². The smallest absolute Gasteiger partial charge is 0.306 e. The Balaban J connectivity index is 4.56. The Labute approximate surface area is 405 Å². The van der Waals surface area contributed by atoms with Crippen molar-refractivity contribution in [3.8, 4) is 0 Å². The third kappa shape index (κ3) is 50.8. The van der Waals surface area contributed by atoms with Gasteiger partial charge in [-0.3, -0.25) is 14.4 Å². The average molecular weight is 913 g/mol. The Bertz CT molecular complexity index is 1420. The lowest BCUT2D eigenvalue weighted by molar-refractivity contribution is -0.167. The number of esters is 3. The summed E-state index contributed by atoms with van der Waals surface area (Å²) in [6.07, 6.45) is 73.3. The molecule has 0 saturated heterocycles. The minimum Gasteiger partial charge on any atom is -0.462 e. The van der Waals surface area contributed by atoms with Crippen LogP contribution in [0.1, 0.15) is 220 Å². The highest BCUT2D eigenvalue weighted by Gasteiger charge is 2.19. The number of hydrogen-bond donors (Lipinski definition) is 0. The molecule has 0 heterocycles. The van der Waals surface area contributed by atoms with Gasteiger partial charge in [-0.15, -0.1) is 0 Å². The number of hydrogen-bond acceptors (Lipinski definition) is 6. The summed E-state index contributed by atoms with van der Waals surface area (Å²) in [5, 5.41) is 0. The maximum Gasteiger partial charge on any atom is 0.306 e. The Morgan fingerprint density at radius 2 is 0.606 bits per heavy atom. The fourth-order valence-corrected chi connectivity index (χ4v) is 6.69. The molecular formula is C60H96O6. The standard InChI is InChI=1S/C60H96O6/c1-4-7-10-13-16-19-22-25-27-29-30-32-33-35-38-41-44-47-50-53-59(62)65-56-57(55-64-58(61)52-49-46-43-40-37-24-21-18-15-12-9-6-3)66-60(63)54-51-48-45-42-39-36-34-31-28-26-23-20-17-14-11-8-5-2/h8,11,16-21,25-28,30,32,34-36,38,42,45,57H,4-7,9-10,12-15,22-24,29,31,33,37,39-41,43-44,46-56H2,1-3H3/b11-8-,19-16-,20-17-,21-18-,27-25-,28-26-,32-30-,36-34-,38-35-,45-42-/t57-/m1/s1. The molecule has 0 aliphatic rings. The number of unbranched alkanes of at least 4 members (excludes halogenated alkanes) is 15. The van der Waals surface area contributed by atoms with Gasteiger partial charge < -0.3 is 14.2 Å². The molecule has 1 atom stereocenters. The van der Waals surface area contributed by atoms with Crippen LogP contribution in [-0.4, -0.2) is 37.2 Å². The Hall–Kier alpha value is -4.19. The second-order valence-corrected chi connectivity index (χ2v) is 17.0. The van der Waals surface area contributed by atoms with Crippen LogP contribution in [-0.2, 0) is 28.6 Å². The monoisotopic (exact) mass is 913 g/mol. The lowest BCUT2D eigenvalue weighted by Gasteiger charge is -2.18. The molecule has 0 aromatic carbocycles. The topological polar surface area (TPSA) is 78.9 Å². The number of rotatable bonds is 46. The van der Waals surface area contributed by atoms with Gasteiger partial charge in [-0.05, 0) is 128 Å². The van der Waals surface area contributed by atoms with Gasteiger partial charge in [0.15, 0.2) is 6.10 Å². The summed E-state index contributed by atoms with van der Waals surface area (Å²) in [4.78, 5) is 38.0. The van der Waals surface area contributed by atoms with Crippen LogP contribution < -0.4 is 0 Å². The highest BCUT2D eigenvalue weighted by molar-refractivity contribution is 5.71. The first kappa shape index (κ1) is 61.8. The van der Waals surface area contributed by atoms with Crippen LogP contribution in [0.15, 0.2) is 122 Å². The average Bonchev–Trinajstić information content (AvgIpc) is 3.31. The summed E-state index contributed by atoms with van der Waals surface area (Å²) in [7, 11) is 0. The van der Waals surface area contributed by atoms with Crippen molar-refractivity contribution in [3.05, 3.63) is 122 Å². The maximum atomic E-state index is 12.8. The van der Waals surface area contributed by atoms with E-state index in [1.54, 1.807) is 0 Å². The summed E-state index contributed by atoms with van der Waals surface area (Å²) in [6, 6.07) is 0. The van der Waals surface area contributed by atoms with Gasteiger partial charge in [-0.2, -0.15) is 0 Å². The highest BCUT2D eigenvalue weighted by Crippen LogP contribution is 2.12. The van der Waals surface area contributed by atoms with Gasteiger partial charge in [-0.25, -0.2) is 0 Å². The first-order valence-electron chi connectivity index (χ1n) is 26.5. The van der Waals surface area contributed by atoms with Crippen molar-refractivity contribution < 1.29 is 28.6 Å². The zero-order valence-electron chi connectivity index (χ0n) is 42.4. The van der Waals surface area contributed by atoms with Crippen molar-refractivity contribution in [3.63, 3.8) is 0 Å². The van der Waals surface area contributed by atoms with Crippen molar-refractivity contribution in [2.45, 2.75) is 226 Å². The minimum absolute atomic E-state index is 0.119. The molecule has 6 nitrogen and oxygen atoms in total. The molecule has 372 valence electrons. The van der Waals surface area contributed by atoms with E-state index >= 15 is 0 Å². The van der Waals surface area contributed by atoms with E-state index in [0.717, 1.165) is 116 Å². The lowest BCUT2D eigenvalue weighted by atomic mass is 10.1. The molecule has 0 aromatic heterocycles. The van der Waals surface area contributed by atoms with Crippen LogP contribution in [0, 0.1) is 0 Å². The fraction of sp³-hybridized carbons (Fsp3) is 0.617. The van der Waals surface area contributed by atoms with Crippen LogP contribution in [0.3, 0.4) is 0 Å².